The van der Waals surface area contributed by atoms with Gasteiger partial charge in [0.15, 0.2) is 0 Å². The van der Waals surface area contributed by atoms with Crippen LogP contribution in [-0.4, -0.2) is 37.7 Å². The van der Waals surface area contributed by atoms with Crippen LogP contribution in [0.15, 0.2) is 6.07 Å². The van der Waals surface area contributed by atoms with Crippen molar-refractivity contribution in [2.45, 2.75) is 39.0 Å². The number of nitrogens with one attached hydrogen (secondary N) is 2. The molecule has 3 aliphatic rings. The van der Waals surface area contributed by atoms with E-state index in [1.165, 1.54) is 29.8 Å². The zero-order valence-electron chi connectivity index (χ0n) is 12.7. The Kier molecular flexibility index (Phi) is 4.10. The molecule has 0 radical (unpaired) electrons. The second-order valence-electron chi connectivity index (χ2n) is 5.58. The molecule has 1 aromatic rings. The van der Waals surface area contributed by atoms with Gasteiger partial charge in [0.05, 0.1) is 0 Å². The van der Waals surface area contributed by atoms with Crippen molar-refractivity contribution in [3.8, 4) is 0 Å². The van der Waals surface area contributed by atoms with E-state index in [1.54, 1.807) is 0 Å². The minimum Gasteiger partial charge on any atom is -0.369 e. The second kappa shape index (κ2) is 6.00. The maximum atomic E-state index is 4.82. The van der Waals surface area contributed by atoms with E-state index >= 15 is 0 Å². The van der Waals surface area contributed by atoms with Crippen LogP contribution in [0.25, 0.3) is 0 Å². The summed E-state index contributed by atoms with van der Waals surface area (Å²) in [7, 11) is 0. The van der Waals surface area contributed by atoms with Gasteiger partial charge in [0.2, 0.25) is 0 Å². The number of pyridine rings is 1. The lowest BCUT2D eigenvalue weighted by molar-refractivity contribution is 0.588. The molecule has 0 bridgehead atoms. The van der Waals surface area contributed by atoms with Crippen LogP contribution in [0.4, 0.5) is 11.5 Å². The number of hydrogen-bond acceptors (Lipinski definition) is 4. The Labute approximate surface area is 122 Å². The largest absolute Gasteiger partial charge is 0.369 e. The molecule has 2 N–H and O–H groups in total. The minimum atomic E-state index is 0.736. The predicted octanol–water partition coefficient (Wildman–Crippen LogP) is 2.36. The van der Waals surface area contributed by atoms with Crippen LogP contribution in [0.1, 0.15) is 43.9 Å². The number of rotatable bonds is 2. The minimum absolute atomic E-state index is 0.736. The summed E-state index contributed by atoms with van der Waals surface area (Å²) in [6.07, 6.45) is 3.78. The van der Waals surface area contributed by atoms with Crippen molar-refractivity contribution in [3.05, 3.63) is 17.3 Å². The third-order valence-corrected chi connectivity index (χ3v) is 4.24. The standard InChI is InChI=1S/C14H20N4.C2H6/c1-2-10(1)12-9-13(18-7-5-15-6-8-18)11-3-4-16-14(11)17-12;1-2/h9-10,15H,1-8H2,(H,16,17);1-2H3. The second-order valence-corrected chi connectivity index (χ2v) is 5.58. The number of fused-ring (bicyclic) bond motifs is 1. The summed E-state index contributed by atoms with van der Waals surface area (Å²) in [5, 5.41) is 6.88. The normalized spacial score (nSPS) is 20.8. The molecular formula is C16H26N4. The van der Waals surface area contributed by atoms with Crippen LogP contribution >= 0.6 is 0 Å². The molecule has 110 valence electrons. The van der Waals surface area contributed by atoms with Crippen molar-refractivity contribution in [1.82, 2.24) is 10.3 Å². The highest BCUT2D eigenvalue weighted by atomic mass is 15.2. The first-order valence-electron chi connectivity index (χ1n) is 8.15. The fourth-order valence-electron chi connectivity index (χ4n) is 3.05. The molecule has 4 rings (SSSR count). The van der Waals surface area contributed by atoms with Gasteiger partial charge in [-0.05, 0) is 25.3 Å². The molecule has 20 heavy (non-hydrogen) atoms. The van der Waals surface area contributed by atoms with Gasteiger partial charge < -0.3 is 15.5 Å². The van der Waals surface area contributed by atoms with Crippen LogP contribution in [-0.2, 0) is 6.42 Å². The molecule has 2 fully saturated rings. The van der Waals surface area contributed by atoms with Crippen molar-refractivity contribution in [2.75, 3.05) is 42.9 Å². The molecule has 1 saturated carbocycles. The highest BCUT2D eigenvalue weighted by Gasteiger charge is 2.29. The van der Waals surface area contributed by atoms with E-state index in [2.05, 4.69) is 21.6 Å². The SMILES string of the molecule is CC.c1c(C2CC2)nc2c(c1N1CCNCC1)CCN2. The lowest BCUT2D eigenvalue weighted by atomic mass is 10.1. The van der Waals surface area contributed by atoms with Crippen molar-refractivity contribution < 1.29 is 0 Å². The highest BCUT2D eigenvalue weighted by molar-refractivity contribution is 5.67. The van der Waals surface area contributed by atoms with Gasteiger partial charge in [-0.3, -0.25) is 0 Å². The number of aromatic nitrogens is 1. The fraction of sp³-hybridized carbons (Fsp3) is 0.688. The topological polar surface area (TPSA) is 40.2 Å². The number of piperazine rings is 1. The Balaban J connectivity index is 0.000000581. The molecule has 0 aromatic carbocycles. The van der Waals surface area contributed by atoms with Crippen LogP contribution < -0.4 is 15.5 Å². The summed E-state index contributed by atoms with van der Waals surface area (Å²) in [4.78, 5) is 7.35. The highest BCUT2D eigenvalue weighted by Crippen LogP contribution is 2.42. The Hall–Kier alpha value is -1.29. The molecule has 3 heterocycles. The molecule has 0 amide bonds. The molecule has 0 unspecified atom stereocenters. The van der Waals surface area contributed by atoms with Crippen molar-refractivity contribution in [3.63, 3.8) is 0 Å². The van der Waals surface area contributed by atoms with Gasteiger partial charge in [0.25, 0.3) is 0 Å². The van der Waals surface area contributed by atoms with Gasteiger partial charge in [0, 0.05) is 55.6 Å². The van der Waals surface area contributed by atoms with Crippen LogP contribution in [0, 0.1) is 0 Å². The molecular weight excluding hydrogens is 248 g/mol. The fourth-order valence-corrected chi connectivity index (χ4v) is 3.05. The molecule has 1 saturated heterocycles. The number of anilines is 2. The van der Waals surface area contributed by atoms with E-state index in [4.69, 9.17) is 4.98 Å². The molecule has 4 nitrogen and oxygen atoms in total. The number of nitrogens with zero attached hydrogens (tertiary/aromatic N) is 2. The molecule has 1 aliphatic carbocycles. The first kappa shape index (κ1) is 13.7. The lowest BCUT2D eigenvalue weighted by Gasteiger charge is -2.31. The molecule has 1 aromatic heterocycles. The monoisotopic (exact) mass is 274 g/mol. The van der Waals surface area contributed by atoms with E-state index in [0.717, 1.165) is 50.9 Å². The van der Waals surface area contributed by atoms with Crippen LogP contribution in [0.5, 0.6) is 0 Å². The van der Waals surface area contributed by atoms with Crippen LogP contribution in [0.3, 0.4) is 0 Å². The Morgan fingerprint density at radius 3 is 2.60 bits per heavy atom. The van der Waals surface area contributed by atoms with E-state index < -0.39 is 0 Å². The van der Waals surface area contributed by atoms with E-state index in [0.29, 0.717) is 0 Å². The van der Waals surface area contributed by atoms with Crippen LogP contribution in [0.2, 0.25) is 0 Å². The van der Waals surface area contributed by atoms with Gasteiger partial charge in [-0.2, -0.15) is 0 Å². The third kappa shape index (κ3) is 2.62. The summed E-state index contributed by atoms with van der Waals surface area (Å²) >= 11 is 0. The maximum absolute atomic E-state index is 4.82. The van der Waals surface area contributed by atoms with Gasteiger partial charge in [-0.1, -0.05) is 13.8 Å². The van der Waals surface area contributed by atoms with Crippen molar-refractivity contribution in [2.24, 2.45) is 0 Å². The number of hydrogen-bond donors (Lipinski definition) is 2. The van der Waals surface area contributed by atoms with Gasteiger partial charge in [-0.15, -0.1) is 0 Å². The van der Waals surface area contributed by atoms with Gasteiger partial charge in [-0.25, -0.2) is 4.98 Å². The van der Waals surface area contributed by atoms with Gasteiger partial charge in [0.1, 0.15) is 5.82 Å². The first-order valence-corrected chi connectivity index (χ1v) is 8.15. The summed E-state index contributed by atoms with van der Waals surface area (Å²) in [6.45, 7) is 9.50. The summed E-state index contributed by atoms with van der Waals surface area (Å²) < 4.78 is 0. The quantitative estimate of drug-likeness (QED) is 0.868. The smallest absolute Gasteiger partial charge is 0.131 e. The average Bonchev–Trinajstić information content (AvgIpc) is 3.27. The van der Waals surface area contributed by atoms with Gasteiger partial charge >= 0.3 is 0 Å². The molecule has 2 aliphatic heterocycles. The zero-order valence-corrected chi connectivity index (χ0v) is 12.7. The third-order valence-electron chi connectivity index (χ3n) is 4.24. The van der Waals surface area contributed by atoms with E-state index in [9.17, 15) is 0 Å². The average molecular weight is 274 g/mol. The predicted molar refractivity (Wildman–Crippen MR) is 84.8 cm³/mol. The summed E-state index contributed by atoms with van der Waals surface area (Å²) in [5.74, 6) is 1.90. The molecule has 0 atom stereocenters. The van der Waals surface area contributed by atoms with Crippen molar-refractivity contribution in [1.29, 1.82) is 0 Å². The van der Waals surface area contributed by atoms with Crippen molar-refractivity contribution >= 4 is 11.5 Å². The summed E-state index contributed by atoms with van der Waals surface area (Å²) in [6, 6.07) is 2.37. The van der Waals surface area contributed by atoms with E-state index in [1.807, 2.05) is 13.8 Å². The van der Waals surface area contributed by atoms with E-state index in [-0.39, 0.29) is 0 Å². The Bertz CT molecular complexity index is 462. The maximum Gasteiger partial charge on any atom is 0.131 e. The Morgan fingerprint density at radius 1 is 1.15 bits per heavy atom. The first-order chi connectivity index (χ1) is 9.92. The summed E-state index contributed by atoms with van der Waals surface area (Å²) in [5.41, 5.74) is 4.21. The Morgan fingerprint density at radius 2 is 1.90 bits per heavy atom. The lowest BCUT2D eigenvalue weighted by Crippen LogP contribution is -2.43. The molecule has 0 spiro atoms. The molecule has 4 heteroatoms. The zero-order chi connectivity index (χ0) is 13.9.